The van der Waals surface area contributed by atoms with Crippen molar-refractivity contribution in [3.63, 3.8) is 0 Å². The lowest BCUT2D eigenvalue weighted by atomic mass is 10.1. The first-order valence-corrected chi connectivity index (χ1v) is 14.0. The van der Waals surface area contributed by atoms with Gasteiger partial charge in [-0.25, -0.2) is 9.97 Å². The fourth-order valence-electron chi connectivity index (χ4n) is 2.99. The van der Waals surface area contributed by atoms with Crippen molar-refractivity contribution in [1.82, 2.24) is 24.1 Å². The molecule has 0 bridgehead atoms. The van der Waals surface area contributed by atoms with Crippen LogP contribution in [0.15, 0.2) is 41.4 Å². The number of anilines is 2. The molecule has 1 N–H and O–H groups in total. The molecular formula is C18H17ClIN6PS. The molecule has 144 valence electrons. The van der Waals surface area contributed by atoms with E-state index in [1.54, 1.807) is 11.8 Å². The normalized spacial score (nSPS) is 11.8. The number of thioether (sulfide) groups is 1. The molecule has 0 saturated heterocycles. The van der Waals surface area contributed by atoms with E-state index in [1.165, 1.54) is 0 Å². The number of halogens is 2. The summed E-state index contributed by atoms with van der Waals surface area (Å²) in [7, 11) is 1.92. The monoisotopic (exact) mass is 542 g/mol. The Bertz CT molecular complexity index is 1170. The van der Waals surface area contributed by atoms with E-state index >= 15 is 0 Å². The Hall–Kier alpha value is -1.35. The maximum Gasteiger partial charge on any atom is 0.167 e. The van der Waals surface area contributed by atoms with Gasteiger partial charge in [-0.15, -0.1) is 11.8 Å². The second-order valence-electron chi connectivity index (χ2n) is 6.16. The smallest absolute Gasteiger partial charge is 0.167 e. The van der Waals surface area contributed by atoms with Gasteiger partial charge in [0.1, 0.15) is 16.5 Å². The lowest BCUT2D eigenvalue weighted by Gasteiger charge is -2.13. The summed E-state index contributed by atoms with van der Waals surface area (Å²) in [5.41, 5.74) is 5.52. The SMILES string of the molecule is CSc1cc(-c2ccn(C)n2)ccc1Nc1cc(Cl)nc2c1nc(C)n2PI. The van der Waals surface area contributed by atoms with Gasteiger partial charge in [0, 0.05) is 29.8 Å². The second kappa shape index (κ2) is 8.18. The Morgan fingerprint density at radius 3 is 2.68 bits per heavy atom. The Morgan fingerprint density at radius 2 is 2.00 bits per heavy atom. The summed E-state index contributed by atoms with van der Waals surface area (Å²) in [5.74, 6) is 0.927. The molecule has 0 saturated carbocycles. The van der Waals surface area contributed by atoms with Crippen molar-refractivity contribution in [1.29, 1.82) is 0 Å². The van der Waals surface area contributed by atoms with Crippen LogP contribution in [-0.2, 0) is 7.05 Å². The number of imidazole rings is 1. The zero-order valence-corrected chi connectivity index (χ0v) is 20.1. The minimum atomic E-state index is 0.446. The summed E-state index contributed by atoms with van der Waals surface area (Å²) in [6.07, 6.45) is 4.52. The van der Waals surface area contributed by atoms with E-state index < -0.39 is 0 Å². The number of nitrogens with zero attached hydrogens (tertiary/aromatic N) is 5. The highest BCUT2D eigenvalue weighted by Gasteiger charge is 2.15. The molecular weight excluding hydrogens is 526 g/mol. The van der Waals surface area contributed by atoms with Crippen LogP contribution in [0.5, 0.6) is 0 Å². The highest BCUT2D eigenvalue weighted by atomic mass is 127. The van der Waals surface area contributed by atoms with Gasteiger partial charge in [0.15, 0.2) is 5.65 Å². The number of aryl methyl sites for hydroxylation is 2. The number of pyridine rings is 1. The summed E-state index contributed by atoms with van der Waals surface area (Å²) in [6, 6.07) is 10.1. The molecule has 0 aliphatic carbocycles. The van der Waals surface area contributed by atoms with Crippen molar-refractivity contribution in [2.24, 2.45) is 7.05 Å². The van der Waals surface area contributed by atoms with E-state index in [9.17, 15) is 0 Å². The number of hydrogen-bond acceptors (Lipinski definition) is 5. The highest BCUT2D eigenvalue weighted by Crippen LogP contribution is 2.37. The number of rotatable bonds is 5. The molecule has 1 aromatic carbocycles. The van der Waals surface area contributed by atoms with Gasteiger partial charge in [0.2, 0.25) is 0 Å². The Balaban J connectivity index is 1.77. The van der Waals surface area contributed by atoms with Crippen molar-refractivity contribution >= 4 is 74.3 Å². The topological polar surface area (TPSA) is 60.6 Å². The summed E-state index contributed by atoms with van der Waals surface area (Å²) < 4.78 is 3.88. The molecule has 6 nitrogen and oxygen atoms in total. The first-order valence-electron chi connectivity index (χ1n) is 8.37. The van der Waals surface area contributed by atoms with Crippen molar-refractivity contribution in [2.45, 2.75) is 11.8 Å². The zero-order chi connectivity index (χ0) is 19.8. The first kappa shape index (κ1) is 19.9. The third-order valence-electron chi connectivity index (χ3n) is 4.32. The van der Waals surface area contributed by atoms with Crippen LogP contribution in [-0.4, -0.2) is 30.3 Å². The Morgan fingerprint density at radius 1 is 1.18 bits per heavy atom. The van der Waals surface area contributed by atoms with E-state index in [-0.39, 0.29) is 0 Å². The predicted molar refractivity (Wildman–Crippen MR) is 129 cm³/mol. The molecule has 0 aliphatic rings. The minimum Gasteiger partial charge on any atom is -0.353 e. The molecule has 0 fully saturated rings. The average molecular weight is 543 g/mol. The van der Waals surface area contributed by atoms with Gasteiger partial charge < -0.3 is 5.32 Å². The van der Waals surface area contributed by atoms with Crippen molar-refractivity contribution in [2.75, 3.05) is 11.6 Å². The number of nitrogens with one attached hydrogen (secondary N) is 1. The molecule has 10 heteroatoms. The third-order valence-corrected chi connectivity index (χ3v) is 7.44. The quantitative estimate of drug-likeness (QED) is 0.144. The average Bonchev–Trinajstić information content (AvgIpc) is 3.24. The van der Waals surface area contributed by atoms with Gasteiger partial charge >= 0.3 is 0 Å². The van der Waals surface area contributed by atoms with Gasteiger partial charge in [-0.3, -0.25) is 9.02 Å². The molecule has 0 radical (unpaired) electrons. The second-order valence-corrected chi connectivity index (χ2v) is 9.46. The molecule has 3 heterocycles. The van der Waals surface area contributed by atoms with Crippen LogP contribution in [0, 0.1) is 6.92 Å². The van der Waals surface area contributed by atoms with Crippen LogP contribution in [0.2, 0.25) is 5.15 Å². The molecule has 28 heavy (non-hydrogen) atoms. The molecule has 1 atom stereocenters. The van der Waals surface area contributed by atoms with Crippen LogP contribution in [0.3, 0.4) is 0 Å². The molecule has 4 aromatic rings. The fourth-order valence-corrected chi connectivity index (χ4v) is 5.90. The molecule has 4 rings (SSSR count). The number of aromatic nitrogens is 5. The summed E-state index contributed by atoms with van der Waals surface area (Å²) >= 11 is 10.3. The van der Waals surface area contributed by atoms with E-state index in [4.69, 9.17) is 16.6 Å². The van der Waals surface area contributed by atoms with Crippen LogP contribution in [0.4, 0.5) is 11.4 Å². The van der Waals surface area contributed by atoms with Crippen molar-refractivity contribution in [3.8, 4) is 11.3 Å². The van der Waals surface area contributed by atoms with Gasteiger partial charge in [-0.2, -0.15) is 5.10 Å². The third kappa shape index (κ3) is 3.75. The molecule has 0 spiro atoms. The van der Waals surface area contributed by atoms with E-state index in [0.717, 1.165) is 44.5 Å². The summed E-state index contributed by atoms with van der Waals surface area (Å²) in [6.45, 7) is 1.99. The summed E-state index contributed by atoms with van der Waals surface area (Å²) in [5, 5.41) is 8.45. The number of hydrogen-bond donors (Lipinski definition) is 1. The van der Waals surface area contributed by atoms with Crippen LogP contribution >= 0.6 is 51.8 Å². The molecule has 0 amide bonds. The Labute approximate surface area is 186 Å². The largest absolute Gasteiger partial charge is 0.353 e. The van der Waals surface area contributed by atoms with Crippen LogP contribution < -0.4 is 5.32 Å². The lowest BCUT2D eigenvalue weighted by Crippen LogP contribution is -1.96. The van der Waals surface area contributed by atoms with Gasteiger partial charge in [0.25, 0.3) is 0 Å². The maximum atomic E-state index is 6.30. The van der Waals surface area contributed by atoms with Gasteiger partial charge in [-0.05, 0) is 53.4 Å². The van der Waals surface area contributed by atoms with Gasteiger partial charge in [-0.1, -0.05) is 17.7 Å². The van der Waals surface area contributed by atoms with Gasteiger partial charge in [0.05, 0.1) is 23.4 Å². The fraction of sp³-hybridized carbons (Fsp3) is 0.167. The maximum absolute atomic E-state index is 6.30. The van der Waals surface area contributed by atoms with E-state index in [2.05, 4.69) is 66.2 Å². The highest BCUT2D eigenvalue weighted by molar-refractivity contribution is 14.2. The standard InChI is InChI=1S/C18H17ClIN6PS/c1-10-21-17-14(9-16(19)23-18(17)26(10)27-20)22-13-5-4-11(8-15(13)28-3)12-6-7-25(2)24-12/h4-9,27H,1-3H3,(H,22,23). The van der Waals surface area contributed by atoms with Crippen LogP contribution in [0.25, 0.3) is 22.4 Å². The number of fused-ring (bicyclic) bond motifs is 1. The molecule has 0 aliphatic heterocycles. The minimum absolute atomic E-state index is 0.446. The Kier molecular flexibility index (Phi) is 5.83. The first-order chi connectivity index (χ1) is 13.5. The van der Waals surface area contributed by atoms with E-state index in [1.807, 2.05) is 37.0 Å². The van der Waals surface area contributed by atoms with Crippen LogP contribution in [0.1, 0.15) is 5.82 Å². The summed E-state index contributed by atoms with van der Waals surface area (Å²) in [4.78, 5) is 10.3. The molecule has 1 unspecified atom stereocenters. The zero-order valence-electron chi connectivity index (χ0n) is 15.4. The molecule has 3 aromatic heterocycles. The van der Waals surface area contributed by atoms with Crippen molar-refractivity contribution in [3.05, 3.63) is 47.5 Å². The van der Waals surface area contributed by atoms with E-state index in [0.29, 0.717) is 11.5 Å². The van der Waals surface area contributed by atoms with Crippen molar-refractivity contribution < 1.29 is 0 Å². The lowest BCUT2D eigenvalue weighted by molar-refractivity contribution is 0.771. The number of benzene rings is 1. The predicted octanol–water partition coefficient (Wildman–Crippen LogP) is 6.05.